The number of hydrogen-bond acceptors (Lipinski definition) is 2. The maximum Gasteiger partial charge on any atom is 0.0438 e. The number of aryl methyl sites for hydroxylation is 1. The third kappa shape index (κ3) is 4.90. The van der Waals surface area contributed by atoms with Crippen LogP contribution in [0.15, 0.2) is 18.2 Å². The lowest BCUT2D eigenvalue weighted by Crippen LogP contribution is -2.19. The highest BCUT2D eigenvalue weighted by Gasteiger charge is 2.10. The van der Waals surface area contributed by atoms with Gasteiger partial charge in [0.1, 0.15) is 0 Å². The van der Waals surface area contributed by atoms with Crippen LogP contribution in [0, 0.1) is 12.8 Å². The number of rotatable bonds is 6. The molecule has 17 heavy (non-hydrogen) atoms. The van der Waals surface area contributed by atoms with Crippen molar-refractivity contribution in [2.24, 2.45) is 5.92 Å². The normalized spacial score (nSPS) is 13.1. The molecule has 0 fully saturated rings. The molecule has 0 bridgehead atoms. The number of nitrogens with one attached hydrogen (secondary N) is 1. The van der Waals surface area contributed by atoms with Gasteiger partial charge in [-0.1, -0.05) is 37.6 Å². The Morgan fingerprint density at radius 2 is 2.00 bits per heavy atom. The van der Waals surface area contributed by atoms with Gasteiger partial charge >= 0.3 is 0 Å². The van der Waals surface area contributed by atoms with Gasteiger partial charge in [0, 0.05) is 16.8 Å². The number of hydrogen-bond donors (Lipinski definition) is 1. The summed E-state index contributed by atoms with van der Waals surface area (Å²) < 4.78 is 0. The summed E-state index contributed by atoms with van der Waals surface area (Å²) in [6.07, 6.45) is 0. The first-order valence-corrected chi connectivity index (χ1v) is 7.59. The molecular weight excluding hydrogens is 250 g/mol. The summed E-state index contributed by atoms with van der Waals surface area (Å²) in [6.45, 7) is 6.54. The number of benzene rings is 1. The molecule has 1 N–H and O–H groups in total. The molecule has 0 spiro atoms. The van der Waals surface area contributed by atoms with E-state index in [1.165, 1.54) is 11.3 Å². The van der Waals surface area contributed by atoms with E-state index in [2.05, 4.69) is 37.4 Å². The Morgan fingerprint density at radius 1 is 1.29 bits per heavy atom. The molecule has 1 aromatic rings. The topological polar surface area (TPSA) is 12.0 Å². The van der Waals surface area contributed by atoms with Crippen molar-refractivity contribution in [3.05, 3.63) is 34.3 Å². The van der Waals surface area contributed by atoms with Gasteiger partial charge in [-0.2, -0.15) is 11.8 Å². The Balaban J connectivity index is 2.62. The van der Waals surface area contributed by atoms with Gasteiger partial charge in [-0.15, -0.1) is 0 Å². The van der Waals surface area contributed by atoms with Crippen molar-refractivity contribution in [1.29, 1.82) is 0 Å². The molecule has 1 rings (SSSR count). The molecular formula is C14H22ClNS. The first-order valence-electron chi connectivity index (χ1n) is 6.05. The summed E-state index contributed by atoms with van der Waals surface area (Å²) in [6, 6.07) is 6.72. The molecule has 1 nitrogen and oxygen atoms in total. The van der Waals surface area contributed by atoms with Crippen LogP contribution in [-0.2, 0) is 0 Å². The molecule has 1 aromatic carbocycles. The van der Waals surface area contributed by atoms with Crippen molar-refractivity contribution in [2.75, 3.05) is 18.6 Å². The average Bonchev–Trinajstić information content (AvgIpc) is 2.28. The van der Waals surface area contributed by atoms with E-state index in [1.54, 1.807) is 0 Å². The number of thioether (sulfide) groups is 1. The van der Waals surface area contributed by atoms with Crippen molar-refractivity contribution in [3.8, 4) is 0 Å². The highest BCUT2D eigenvalue weighted by atomic mass is 35.5. The van der Waals surface area contributed by atoms with E-state index in [4.69, 9.17) is 11.6 Å². The van der Waals surface area contributed by atoms with E-state index < -0.39 is 0 Å². The minimum absolute atomic E-state index is 0.386. The van der Waals surface area contributed by atoms with Crippen LogP contribution in [0.3, 0.4) is 0 Å². The maximum absolute atomic E-state index is 6.16. The molecule has 0 radical (unpaired) electrons. The van der Waals surface area contributed by atoms with E-state index in [0.717, 1.165) is 22.3 Å². The van der Waals surface area contributed by atoms with E-state index in [1.807, 2.05) is 25.7 Å². The maximum atomic E-state index is 6.16. The van der Waals surface area contributed by atoms with E-state index in [0.29, 0.717) is 6.04 Å². The molecule has 0 saturated carbocycles. The van der Waals surface area contributed by atoms with Crippen molar-refractivity contribution in [2.45, 2.75) is 26.8 Å². The van der Waals surface area contributed by atoms with Gasteiger partial charge < -0.3 is 5.32 Å². The van der Waals surface area contributed by atoms with Gasteiger partial charge in [-0.25, -0.2) is 0 Å². The first-order chi connectivity index (χ1) is 8.04. The van der Waals surface area contributed by atoms with Gasteiger partial charge in [-0.05, 0) is 42.8 Å². The summed E-state index contributed by atoms with van der Waals surface area (Å²) in [4.78, 5) is 0. The smallest absolute Gasteiger partial charge is 0.0438 e. The highest BCUT2D eigenvalue weighted by molar-refractivity contribution is 7.99. The summed E-state index contributed by atoms with van der Waals surface area (Å²) in [7, 11) is 2.01. The van der Waals surface area contributed by atoms with Crippen molar-refractivity contribution in [3.63, 3.8) is 0 Å². The second-order valence-electron chi connectivity index (χ2n) is 4.78. The van der Waals surface area contributed by atoms with Crippen molar-refractivity contribution >= 4 is 23.4 Å². The fraction of sp³-hybridized carbons (Fsp3) is 0.571. The quantitative estimate of drug-likeness (QED) is 0.828. The second-order valence-corrected chi connectivity index (χ2v) is 6.26. The van der Waals surface area contributed by atoms with Crippen LogP contribution < -0.4 is 5.32 Å². The molecule has 0 aromatic heterocycles. The van der Waals surface area contributed by atoms with Crippen LogP contribution >= 0.6 is 23.4 Å². The standard InChI is InChI=1S/C14H22ClNS/c1-10(2)8-17-9-14(16-4)12-6-5-11(3)13(15)7-12/h5-7,10,14,16H,8-9H2,1-4H3. The zero-order valence-corrected chi connectivity index (χ0v) is 12.7. The molecule has 0 amide bonds. The Labute approximate surface area is 114 Å². The predicted octanol–water partition coefficient (Wildman–Crippen LogP) is 4.30. The Morgan fingerprint density at radius 3 is 2.53 bits per heavy atom. The fourth-order valence-corrected chi connectivity index (χ4v) is 2.98. The SMILES string of the molecule is CNC(CSCC(C)C)c1ccc(C)c(Cl)c1. The minimum atomic E-state index is 0.386. The lowest BCUT2D eigenvalue weighted by Gasteiger charge is -2.17. The van der Waals surface area contributed by atoms with Crippen LogP contribution in [0.5, 0.6) is 0 Å². The molecule has 1 unspecified atom stereocenters. The molecule has 0 aliphatic carbocycles. The van der Waals surface area contributed by atoms with Crippen LogP contribution in [-0.4, -0.2) is 18.6 Å². The van der Waals surface area contributed by atoms with Crippen LogP contribution in [0.1, 0.15) is 31.0 Å². The van der Waals surface area contributed by atoms with Crippen molar-refractivity contribution in [1.82, 2.24) is 5.32 Å². The van der Waals surface area contributed by atoms with Crippen LogP contribution in [0.25, 0.3) is 0 Å². The molecule has 1 atom stereocenters. The monoisotopic (exact) mass is 271 g/mol. The second kappa shape index (κ2) is 7.30. The summed E-state index contributed by atoms with van der Waals surface area (Å²) >= 11 is 8.16. The summed E-state index contributed by atoms with van der Waals surface area (Å²) in [5.74, 6) is 3.05. The van der Waals surface area contributed by atoms with Crippen molar-refractivity contribution < 1.29 is 0 Å². The van der Waals surface area contributed by atoms with Gasteiger partial charge in [0.05, 0.1) is 0 Å². The molecule has 0 aliphatic rings. The van der Waals surface area contributed by atoms with Crippen LogP contribution in [0.2, 0.25) is 5.02 Å². The third-order valence-corrected chi connectivity index (χ3v) is 4.56. The third-order valence-electron chi connectivity index (χ3n) is 2.68. The van der Waals surface area contributed by atoms with E-state index >= 15 is 0 Å². The minimum Gasteiger partial charge on any atom is -0.312 e. The van der Waals surface area contributed by atoms with Gasteiger partial charge in [0.2, 0.25) is 0 Å². The Hall–Kier alpha value is -0.180. The van der Waals surface area contributed by atoms with Gasteiger partial charge in [0.25, 0.3) is 0 Å². The molecule has 96 valence electrons. The van der Waals surface area contributed by atoms with Crippen LogP contribution in [0.4, 0.5) is 0 Å². The highest BCUT2D eigenvalue weighted by Crippen LogP contribution is 2.24. The molecule has 0 saturated heterocycles. The predicted molar refractivity (Wildman–Crippen MR) is 80.2 cm³/mol. The molecule has 0 aliphatic heterocycles. The first kappa shape index (κ1) is 14.9. The number of halogens is 1. The Bertz CT molecular complexity index is 352. The fourth-order valence-electron chi connectivity index (χ4n) is 1.59. The summed E-state index contributed by atoms with van der Waals surface area (Å²) in [5.41, 5.74) is 2.42. The van der Waals surface area contributed by atoms with Gasteiger partial charge in [-0.3, -0.25) is 0 Å². The zero-order valence-electron chi connectivity index (χ0n) is 11.1. The lowest BCUT2D eigenvalue weighted by atomic mass is 10.1. The summed E-state index contributed by atoms with van der Waals surface area (Å²) in [5, 5.41) is 4.22. The lowest BCUT2D eigenvalue weighted by molar-refractivity contribution is 0.659. The van der Waals surface area contributed by atoms with E-state index in [9.17, 15) is 0 Å². The van der Waals surface area contributed by atoms with E-state index in [-0.39, 0.29) is 0 Å². The van der Waals surface area contributed by atoms with Gasteiger partial charge in [0.15, 0.2) is 0 Å². The Kier molecular flexibility index (Phi) is 6.39. The average molecular weight is 272 g/mol. The zero-order chi connectivity index (χ0) is 12.8. The molecule has 0 heterocycles. The largest absolute Gasteiger partial charge is 0.312 e. The molecule has 3 heteroatoms.